The largest absolute Gasteiger partial charge is 0.493 e. The molecule has 0 atom stereocenters. The van der Waals surface area contributed by atoms with Gasteiger partial charge in [-0.1, -0.05) is 12.1 Å². The molecule has 0 aliphatic rings. The molecule has 0 saturated heterocycles. The van der Waals surface area contributed by atoms with E-state index >= 15 is 0 Å². The van der Waals surface area contributed by atoms with E-state index in [-0.39, 0.29) is 0 Å². The van der Waals surface area contributed by atoms with E-state index < -0.39 is 0 Å². The molecule has 5 heteroatoms. The van der Waals surface area contributed by atoms with Gasteiger partial charge in [0.2, 0.25) is 0 Å². The summed E-state index contributed by atoms with van der Waals surface area (Å²) in [5, 5.41) is 6.47. The summed E-state index contributed by atoms with van der Waals surface area (Å²) in [6, 6.07) is 14.5. The van der Waals surface area contributed by atoms with Gasteiger partial charge in [-0.3, -0.25) is 0 Å². The Labute approximate surface area is 144 Å². The second-order valence-corrected chi connectivity index (χ2v) is 7.19. The van der Waals surface area contributed by atoms with E-state index in [1.54, 1.807) is 29.8 Å². The zero-order valence-electron chi connectivity index (χ0n) is 13.0. The van der Waals surface area contributed by atoms with Crippen molar-refractivity contribution < 1.29 is 14.8 Å². The molecular weight excluding hydrogens is 326 g/mol. The summed E-state index contributed by atoms with van der Waals surface area (Å²) in [6.07, 6.45) is 0. The third-order valence-corrected chi connectivity index (χ3v) is 5.23. The van der Waals surface area contributed by atoms with Gasteiger partial charge in [0, 0.05) is 10.4 Å². The van der Waals surface area contributed by atoms with Gasteiger partial charge in [-0.15, -0.1) is 22.7 Å². The number of ether oxygens (including phenoxy) is 2. The van der Waals surface area contributed by atoms with Crippen LogP contribution in [0.5, 0.6) is 11.5 Å². The molecule has 2 heterocycles. The van der Waals surface area contributed by atoms with Crippen molar-refractivity contribution in [3.63, 3.8) is 0 Å². The van der Waals surface area contributed by atoms with Crippen molar-refractivity contribution >= 4 is 22.7 Å². The van der Waals surface area contributed by atoms with Crippen LogP contribution in [0.25, 0.3) is 0 Å². The smallest absolute Gasteiger partial charge is 0.161 e. The molecule has 0 fully saturated rings. The van der Waals surface area contributed by atoms with Gasteiger partial charge in [-0.2, -0.15) is 0 Å². The molecule has 2 aromatic heterocycles. The normalized spacial score (nSPS) is 10.7. The molecule has 0 unspecified atom stereocenters. The fraction of sp³-hybridized carbons (Fsp3) is 0.222. The first-order chi connectivity index (χ1) is 11.3. The third kappa shape index (κ3) is 4.58. The summed E-state index contributed by atoms with van der Waals surface area (Å²) in [6.45, 7) is 2.52. The molecule has 0 aliphatic heterocycles. The van der Waals surface area contributed by atoms with Crippen molar-refractivity contribution in [3.8, 4) is 11.5 Å². The Balaban J connectivity index is 1.57. The number of nitrogens with two attached hydrogens (primary N) is 1. The van der Waals surface area contributed by atoms with Gasteiger partial charge in [0.05, 0.1) is 12.0 Å². The Kier molecular flexibility index (Phi) is 5.69. The fourth-order valence-corrected chi connectivity index (χ4v) is 3.63. The molecule has 1 aromatic carbocycles. The monoisotopic (exact) mass is 346 g/mol. The number of hydrogen-bond donors (Lipinski definition) is 1. The van der Waals surface area contributed by atoms with Crippen LogP contribution < -0.4 is 14.8 Å². The lowest BCUT2D eigenvalue weighted by Gasteiger charge is -2.11. The van der Waals surface area contributed by atoms with Crippen LogP contribution in [0.15, 0.2) is 53.2 Å². The van der Waals surface area contributed by atoms with Crippen LogP contribution in [0.2, 0.25) is 0 Å². The number of rotatable bonds is 8. The Morgan fingerprint density at radius 2 is 1.70 bits per heavy atom. The quantitative estimate of drug-likeness (QED) is 0.675. The number of methoxy groups -OCH3 is 1. The Bertz CT molecular complexity index is 709. The maximum atomic E-state index is 5.87. The molecule has 0 saturated carbocycles. The zero-order chi connectivity index (χ0) is 15.9. The van der Waals surface area contributed by atoms with Crippen molar-refractivity contribution in [1.82, 2.24) is 0 Å². The van der Waals surface area contributed by atoms with E-state index in [0.29, 0.717) is 6.61 Å². The van der Waals surface area contributed by atoms with Crippen LogP contribution in [0.1, 0.15) is 15.3 Å². The SMILES string of the molecule is COc1cc(C[NH2+]Cc2cccs2)ccc1OCc1cccs1. The average Bonchev–Trinajstić information content (AvgIpc) is 3.27. The van der Waals surface area contributed by atoms with Crippen molar-refractivity contribution in [2.45, 2.75) is 19.7 Å². The van der Waals surface area contributed by atoms with Gasteiger partial charge in [-0.05, 0) is 41.1 Å². The van der Waals surface area contributed by atoms with Crippen LogP contribution >= 0.6 is 22.7 Å². The van der Waals surface area contributed by atoms with E-state index in [2.05, 4.69) is 46.4 Å². The van der Waals surface area contributed by atoms with Crippen LogP contribution in [0, 0.1) is 0 Å². The molecule has 3 nitrogen and oxygen atoms in total. The van der Waals surface area contributed by atoms with Crippen molar-refractivity contribution in [2.75, 3.05) is 7.11 Å². The molecule has 2 N–H and O–H groups in total. The number of hydrogen-bond acceptors (Lipinski definition) is 4. The van der Waals surface area contributed by atoms with Crippen LogP contribution in [-0.4, -0.2) is 7.11 Å². The van der Waals surface area contributed by atoms with Gasteiger partial charge < -0.3 is 14.8 Å². The minimum absolute atomic E-state index is 0.581. The van der Waals surface area contributed by atoms with Crippen LogP contribution in [-0.2, 0) is 19.7 Å². The average molecular weight is 346 g/mol. The van der Waals surface area contributed by atoms with Crippen LogP contribution in [0.3, 0.4) is 0 Å². The lowest BCUT2D eigenvalue weighted by Crippen LogP contribution is -2.80. The summed E-state index contributed by atoms with van der Waals surface area (Å²) < 4.78 is 11.3. The topological polar surface area (TPSA) is 35.1 Å². The first-order valence-electron chi connectivity index (χ1n) is 7.51. The summed E-state index contributed by atoms with van der Waals surface area (Å²) in [7, 11) is 1.69. The van der Waals surface area contributed by atoms with E-state index in [1.807, 2.05) is 12.1 Å². The molecule has 0 amide bonds. The van der Waals surface area contributed by atoms with E-state index in [4.69, 9.17) is 9.47 Å². The first kappa shape index (κ1) is 16.1. The summed E-state index contributed by atoms with van der Waals surface area (Å²) in [4.78, 5) is 2.60. The van der Waals surface area contributed by atoms with Gasteiger partial charge in [0.25, 0.3) is 0 Å². The van der Waals surface area contributed by atoms with Crippen molar-refractivity contribution in [3.05, 3.63) is 68.5 Å². The molecule has 0 bridgehead atoms. The molecule has 0 radical (unpaired) electrons. The first-order valence-corrected chi connectivity index (χ1v) is 9.27. The lowest BCUT2D eigenvalue weighted by atomic mass is 10.2. The maximum Gasteiger partial charge on any atom is 0.161 e. The van der Waals surface area contributed by atoms with Crippen molar-refractivity contribution in [2.24, 2.45) is 0 Å². The fourth-order valence-electron chi connectivity index (χ4n) is 2.31. The zero-order valence-corrected chi connectivity index (χ0v) is 14.7. The third-order valence-electron chi connectivity index (χ3n) is 3.48. The van der Waals surface area contributed by atoms with Gasteiger partial charge >= 0.3 is 0 Å². The molecule has 120 valence electrons. The predicted molar refractivity (Wildman–Crippen MR) is 95.3 cm³/mol. The van der Waals surface area contributed by atoms with Gasteiger partial charge in [0.15, 0.2) is 11.5 Å². The Hall–Kier alpha value is -1.82. The van der Waals surface area contributed by atoms with E-state index in [1.165, 1.54) is 15.3 Å². The highest BCUT2D eigenvalue weighted by Gasteiger charge is 2.08. The molecule has 0 aliphatic carbocycles. The molecular formula is C18H20NO2S2+. The Morgan fingerprint density at radius 1 is 0.913 bits per heavy atom. The van der Waals surface area contributed by atoms with Crippen LogP contribution in [0.4, 0.5) is 0 Å². The second-order valence-electron chi connectivity index (χ2n) is 5.13. The van der Waals surface area contributed by atoms with Gasteiger partial charge in [-0.25, -0.2) is 0 Å². The molecule has 3 aromatic rings. The minimum Gasteiger partial charge on any atom is -0.493 e. The number of thiophene rings is 2. The lowest BCUT2D eigenvalue weighted by molar-refractivity contribution is -0.685. The standard InChI is InChI=1S/C18H19NO2S2/c1-20-18-10-14(11-19-12-15-4-2-8-22-15)6-7-17(18)21-13-16-5-3-9-23-16/h2-10,19H,11-13H2,1H3/p+1. The van der Waals surface area contributed by atoms with E-state index in [9.17, 15) is 0 Å². The highest BCUT2D eigenvalue weighted by Crippen LogP contribution is 2.29. The predicted octanol–water partition coefficient (Wildman–Crippen LogP) is 3.66. The summed E-state index contributed by atoms with van der Waals surface area (Å²) in [5.41, 5.74) is 1.24. The Morgan fingerprint density at radius 3 is 2.39 bits per heavy atom. The molecule has 3 rings (SSSR count). The highest BCUT2D eigenvalue weighted by atomic mass is 32.1. The molecule has 23 heavy (non-hydrogen) atoms. The number of benzene rings is 1. The highest BCUT2D eigenvalue weighted by molar-refractivity contribution is 7.10. The maximum absolute atomic E-state index is 5.87. The summed E-state index contributed by atoms with van der Waals surface area (Å²) >= 11 is 3.50. The number of quaternary nitrogens is 1. The molecule has 0 spiro atoms. The van der Waals surface area contributed by atoms with E-state index in [0.717, 1.165) is 24.6 Å². The van der Waals surface area contributed by atoms with Gasteiger partial charge in [0.1, 0.15) is 19.7 Å². The summed E-state index contributed by atoms with van der Waals surface area (Å²) in [5.74, 6) is 1.59. The minimum atomic E-state index is 0.581. The van der Waals surface area contributed by atoms with Crippen molar-refractivity contribution in [1.29, 1.82) is 0 Å². The second kappa shape index (κ2) is 8.15.